The number of alkyl halides is 2. The lowest BCUT2D eigenvalue weighted by Crippen LogP contribution is -2.10. The second kappa shape index (κ2) is 4.45. The molecule has 3 nitrogen and oxygen atoms in total. The normalized spacial score (nSPS) is 10.4. The molecule has 0 aliphatic heterocycles. The fourth-order valence-electron chi connectivity index (χ4n) is 0.892. The summed E-state index contributed by atoms with van der Waals surface area (Å²) in [6.07, 6.45) is -1.32. The second-order valence-corrected chi connectivity index (χ2v) is 3.49. The molecule has 0 fully saturated rings. The Kier molecular flexibility index (Phi) is 3.51. The predicted octanol–water partition coefficient (Wildman–Crippen LogP) is 2.74. The number of carbonyl (C=O) groups is 1. The number of carbonyl (C=O) groups excluding carboxylic acids is 1. The fraction of sp³-hybridized carbons (Fsp3) is 0.250. The molecule has 1 aromatic rings. The van der Waals surface area contributed by atoms with E-state index in [1.54, 1.807) is 0 Å². The number of halogens is 3. The number of hydrogen-bond acceptors (Lipinski definition) is 2. The molecular weight excluding hydrogens is 258 g/mol. The summed E-state index contributed by atoms with van der Waals surface area (Å²) in [5, 5.41) is 2.23. The van der Waals surface area contributed by atoms with Gasteiger partial charge in [-0.1, -0.05) is 0 Å². The van der Waals surface area contributed by atoms with Gasteiger partial charge in [0.05, 0.1) is 5.56 Å². The molecule has 0 radical (unpaired) electrons. The Morgan fingerprint density at radius 2 is 2.29 bits per heavy atom. The highest BCUT2D eigenvalue weighted by molar-refractivity contribution is 9.10. The number of nitrogens with zero attached hydrogens (tertiary/aromatic N) is 1. The summed E-state index contributed by atoms with van der Waals surface area (Å²) < 4.78 is 25.3. The van der Waals surface area contributed by atoms with E-state index in [0.29, 0.717) is 4.47 Å². The van der Waals surface area contributed by atoms with E-state index in [-0.39, 0.29) is 11.4 Å². The lowest BCUT2D eigenvalue weighted by Gasteiger charge is -2.07. The van der Waals surface area contributed by atoms with Crippen LogP contribution in [-0.4, -0.2) is 10.9 Å². The van der Waals surface area contributed by atoms with Crippen molar-refractivity contribution in [3.8, 4) is 0 Å². The van der Waals surface area contributed by atoms with Gasteiger partial charge in [0.15, 0.2) is 0 Å². The maximum atomic E-state index is 12.4. The molecule has 0 aliphatic carbocycles. The van der Waals surface area contributed by atoms with E-state index in [0.717, 1.165) is 0 Å². The molecule has 0 aliphatic rings. The summed E-state index contributed by atoms with van der Waals surface area (Å²) in [4.78, 5) is 14.3. The van der Waals surface area contributed by atoms with Crippen molar-refractivity contribution < 1.29 is 13.6 Å². The van der Waals surface area contributed by atoms with Crippen LogP contribution in [0.1, 0.15) is 18.9 Å². The average Bonchev–Trinajstić information content (AvgIpc) is 2.07. The first-order valence-electron chi connectivity index (χ1n) is 3.72. The van der Waals surface area contributed by atoms with Gasteiger partial charge in [-0.3, -0.25) is 4.79 Å². The van der Waals surface area contributed by atoms with Gasteiger partial charge < -0.3 is 5.32 Å². The Hall–Kier alpha value is -1.04. The van der Waals surface area contributed by atoms with E-state index in [1.165, 1.54) is 19.2 Å². The van der Waals surface area contributed by atoms with Gasteiger partial charge in [-0.2, -0.15) is 0 Å². The molecule has 1 rings (SSSR count). The molecule has 0 bridgehead atoms. The lowest BCUT2D eigenvalue weighted by atomic mass is 10.2. The Morgan fingerprint density at radius 1 is 1.64 bits per heavy atom. The molecule has 1 aromatic heterocycles. The number of nitrogens with one attached hydrogen (secondary N) is 1. The quantitative estimate of drug-likeness (QED) is 0.893. The molecule has 0 atom stereocenters. The highest BCUT2D eigenvalue weighted by Crippen LogP contribution is 2.27. The molecule has 1 heterocycles. The van der Waals surface area contributed by atoms with Crippen LogP contribution in [-0.2, 0) is 4.79 Å². The summed E-state index contributed by atoms with van der Waals surface area (Å²) in [6, 6.07) is 1.23. The van der Waals surface area contributed by atoms with E-state index >= 15 is 0 Å². The van der Waals surface area contributed by atoms with Gasteiger partial charge in [0.2, 0.25) is 5.91 Å². The first kappa shape index (κ1) is 11.0. The Labute approximate surface area is 87.7 Å². The van der Waals surface area contributed by atoms with Crippen LogP contribution >= 0.6 is 15.9 Å². The second-order valence-electron chi connectivity index (χ2n) is 2.57. The molecule has 6 heteroatoms. The number of amides is 1. The number of pyridine rings is 1. The maximum Gasteiger partial charge on any atom is 0.267 e. The number of rotatable bonds is 2. The van der Waals surface area contributed by atoms with Gasteiger partial charge >= 0.3 is 0 Å². The van der Waals surface area contributed by atoms with Gasteiger partial charge in [-0.15, -0.1) is 0 Å². The average molecular weight is 265 g/mol. The van der Waals surface area contributed by atoms with Crippen molar-refractivity contribution >= 4 is 27.7 Å². The standard InChI is InChI=1S/C8H7BrF2N2O/c1-4(14)13-8-6(7(10)11)2-5(9)3-12-8/h2-3,7H,1H3,(H,12,13,14). The Morgan fingerprint density at radius 3 is 2.79 bits per heavy atom. The first-order chi connectivity index (χ1) is 6.50. The zero-order valence-corrected chi connectivity index (χ0v) is 8.81. The third-order valence-electron chi connectivity index (χ3n) is 1.41. The van der Waals surface area contributed by atoms with Crippen LogP contribution < -0.4 is 5.32 Å². The van der Waals surface area contributed by atoms with Gasteiger partial charge in [0, 0.05) is 17.6 Å². The Balaban J connectivity index is 3.08. The minimum Gasteiger partial charge on any atom is -0.311 e. The van der Waals surface area contributed by atoms with Crippen molar-refractivity contribution in [2.24, 2.45) is 0 Å². The molecule has 1 N–H and O–H groups in total. The molecular formula is C8H7BrF2N2O. The summed E-state index contributed by atoms with van der Waals surface area (Å²) >= 11 is 3.02. The summed E-state index contributed by atoms with van der Waals surface area (Å²) in [6.45, 7) is 1.24. The number of aromatic nitrogens is 1. The van der Waals surface area contributed by atoms with Gasteiger partial charge in [-0.05, 0) is 22.0 Å². The zero-order valence-electron chi connectivity index (χ0n) is 7.22. The molecule has 76 valence electrons. The molecule has 0 saturated carbocycles. The number of hydrogen-bond donors (Lipinski definition) is 1. The van der Waals surface area contributed by atoms with Gasteiger partial charge in [0.1, 0.15) is 5.82 Å². The van der Waals surface area contributed by atoms with Crippen molar-refractivity contribution in [3.63, 3.8) is 0 Å². The maximum absolute atomic E-state index is 12.4. The highest BCUT2D eigenvalue weighted by Gasteiger charge is 2.15. The van der Waals surface area contributed by atoms with E-state index in [1.807, 2.05) is 0 Å². The van der Waals surface area contributed by atoms with E-state index in [2.05, 4.69) is 26.2 Å². The van der Waals surface area contributed by atoms with E-state index in [4.69, 9.17) is 0 Å². The minimum absolute atomic E-state index is 0.101. The molecule has 14 heavy (non-hydrogen) atoms. The third kappa shape index (κ3) is 2.73. The van der Waals surface area contributed by atoms with Crippen LogP contribution in [0.3, 0.4) is 0 Å². The van der Waals surface area contributed by atoms with Crippen LogP contribution in [0.5, 0.6) is 0 Å². The summed E-state index contributed by atoms with van der Waals surface area (Å²) in [5.41, 5.74) is -0.297. The van der Waals surface area contributed by atoms with Crippen LogP contribution in [0.2, 0.25) is 0 Å². The van der Waals surface area contributed by atoms with Crippen molar-refractivity contribution in [1.29, 1.82) is 0 Å². The monoisotopic (exact) mass is 264 g/mol. The van der Waals surface area contributed by atoms with Crippen molar-refractivity contribution in [2.45, 2.75) is 13.3 Å². The van der Waals surface area contributed by atoms with Crippen LogP contribution in [0.25, 0.3) is 0 Å². The molecule has 1 amide bonds. The van der Waals surface area contributed by atoms with Crippen LogP contribution in [0.15, 0.2) is 16.7 Å². The largest absolute Gasteiger partial charge is 0.311 e. The minimum atomic E-state index is -2.66. The van der Waals surface area contributed by atoms with Crippen molar-refractivity contribution in [3.05, 3.63) is 22.3 Å². The van der Waals surface area contributed by atoms with Gasteiger partial charge in [-0.25, -0.2) is 13.8 Å². The van der Waals surface area contributed by atoms with Crippen LogP contribution in [0, 0.1) is 0 Å². The third-order valence-corrected chi connectivity index (χ3v) is 1.85. The summed E-state index contributed by atoms with van der Waals surface area (Å²) in [5.74, 6) is -0.530. The summed E-state index contributed by atoms with van der Waals surface area (Å²) in [7, 11) is 0. The molecule has 0 unspecified atom stereocenters. The van der Waals surface area contributed by atoms with Crippen molar-refractivity contribution in [1.82, 2.24) is 4.98 Å². The SMILES string of the molecule is CC(=O)Nc1ncc(Br)cc1C(F)F. The molecule has 0 aromatic carbocycles. The molecule has 0 saturated heterocycles. The first-order valence-corrected chi connectivity index (χ1v) is 4.51. The van der Waals surface area contributed by atoms with E-state index < -0.39 is 12.3 Å². The zero-order chi connectivity index (χ0) is 10.7. The fourth-order valence-corrected chi connectivity index (χ4v) is 1.24. The van der Waals surface area contributed by atoms with Crippen molar-refractivity contribution in [2.75, 3.05) is 5.32 Å². The van der Waals surface area contributed by atoms with E-state index in [9.17, 15) is 13.6 Å². The lowest BCUT2D eigenvalue weighted by molar-refractivity contribution is -0.114. The topological polar surface area (TPSA) is 42.0 Å². The van der Waals surface area contributed by atoms with Crippen LogP contribution in [0.4, 0.5) is 14.6 Å². The van der Waals surface area contributed by atoms with Gasteiger partial charge in [0.25, 0.3) is 6.43 Å². The predicted molar refractivity (Wildman–Crippen MR) is 51.2 cm³/mol. The number of anilines is 1. The smallest absolute Gasteiger partial charge is 0.267 e. The highest BCUT2D eigenvalue weighted by atomic mass is 79.9. The molecule has 0 spiro atoms. The Bertz CT molecular complexity index is 357.